The number of pyridine rings is 1. The quantitative estimate of drug-likeness (QED) is 0.313. The van der Waals surface area contributed by atoms with Crippen molar-refractivity contribution in [3.8, 4) is 11.3 Å². The van der Waals surface area contributed by atoms with Crippen LogP contribution < -0.4 is 16.0 Å². The van der Waals surface area contributed by atoms with E-state index in [1.807, 2.05) is 0 Å². The number of imide groups is 2. The molecule has 1 saturated heterocycles. The van der Waals surface area contributed by atoms with Crippen molar-refractivity contribution in [1.82, 2.24) is 25.0 Å². The first-order chi connectivity index (χ1) is 21.4. The second-order valence-electron chi connectivity index (χ2n) is 12.9. The zero-order chi connectivity index (χ0) is 29.9. The van der Waals surface area contributed by atoms with E-state index in [-0.39, 0.29) is 29.9 Å². The summed E-state index contributed by atoms with van der Waals surface area (Å²) in [5.41, 5.74) is 4.64. The molecular weight excluding hydrogens is 558 g/mol. The molecule has 3 saturated carbocycles. The Morgan fingerprint density at radius 2 is 1.73 bits per heavy atom. The Kier molecular flexibility index (Phi) is 6.50. The van der Waals surface area contributed by atoms with Crippen molar-refractivity contribution in [2.45, 2.75) is 81.8 Å². The minimum atomic E-state index is -0.963. The van der Waals surface area contributed by atoms with Gasteiger partial charge in [0.1, 0.15) is 11.9 Å². The molecule has 0 radical (unpaired) electrons. The monoisotopic (exact) mass is 593 g/mol. The van der Waals surface area contributed by atoms with Crippen molar-refractivity contribution in [3.63, 3.8) is 0 Å². The number of nitrogens with one attached hydrogen (secondary N) is 3. The fourth-order valence-electron chi connectivity index (χ4n) is 6.80. The van der Waals surface area contributed by atoms with E-state index in [4.69, 9.17) is 10.1 Å². The Hall–Kier alpha value is -4.54. The Morgan fingerprint density at radius 1 is 0.909 bits per heavy atom. The molecule has 3 aliphatic carbocycles. The second-order valence-corrected chi connectivity index (χ2v) is 12.9. The van der Waals surface area contributed by atoms with Gasteiger partial charge in [0.05, 0.1) is 28.6 Å². The molecule has 8 rings (SSSR count). The summed E-state index contributed by atoms with van der Waals surface area (Å²) in [4.78, 5) is 55.9. The number of aromatic nitrogens is 3. The number of piperidine rings is 1. The van der Waals surface area contributed by atoms with Gasteiger partial charge in [-0.25, -0.2) is 4.98 Å². The molecule has 11 nitrogen and oxygen atoms in total. The molecule has 226 valence electrons. The number of hydrogen-bond acceptors (Lipinski definition) is 8. The van der Waals surface area contributed by atoms with Gasteiger partial charge in [-0.1, -0.05) is 6.07 Å². The van der Waals surface area contributed by atoms with Gasteiger partial charge in [0.25, 0.3) is 11.8 Å². The Balaban J connectivity index is 0.903. The third-order valence-electron chi connectivity index (χ3n) is 9.83. The van der Waals surface area contributed by atoms with Gasteiger partial charge >= 0.3 is 0 Å². The lowest BCUT2D eigenvalue weighted by molar-refractivity contribution is -0.136. The van der Waals surface area contributed by atoms with Crippen molar-refractivity contribution < 1.29 is 19.2 Å². The number of rotatable bonds is 9. The maximum Gasteiger partial charge on any atom is 0.262 e. The van der Waals surface area contributed by atoms with Gasteiger partial charge in [-0.3, -0.25) is 34.1 Å². The average molecular weight is 594 g/mol. The number of carbonyl (C=O) groups is 4. The number of fused-ring (bicyclic) bond motifs is 1. The van der Waals surface area contributed by atoms with E-state index in [0.717, 1.165) is 47.0 Å². The number of nitrogens with zero attached hydrogens (tertiary/aromatic N) is 4. The van der Waals surface area contributed by atoms with E-state index in [9.17, 15) is 19.2 Å². The summed E-state index contributed by atoms with van der Waals surface area (Å²) in [7, 11) is 0. The molecule has 0 spiro atoms. The molecule has 2 aliphatic heterocycles. The van der Waals surface area contributed by atoms with Gasteiger partial charge in [0.15, 0.2) is 0 Å². The summed E-state index contributed by atoms with van der Waals surface area (Å²) in [6, 6.07) is 11.3. The lowest BCUT2D eigenvalue weighted by atomic mass is 9.80. The zero-order valence-electron chi connectivity index (χ0n) is 24.4. The van der Waals surface area contributed by atoms with E-state index < -0.39 is 23.8 Å². The number of benzene rings is 1. The van der Waals surface area contributed by atoms with Crippen LogP contribution in [0.2, 0.25) is 0 Å². The minimum Gasteiger partial charge on any atom is -0.385 e. The molecule has 5 aliphatic rings. The predicted molar refractivity (Wildman–Crippen MR) is 162 cm³/mol. The molecule has 1 unspecified atom stereocenters. The van der Waals surface area contributed by atoms with Crippen LogP contribution in [-0.4, -0.2) is 61.9 Å². The van der Waals surface area contributed by atoms with Crippen LogP contribution >= 0.6 is 0 Å². The van der Waals surface area contributed by atoms with Gasteiger partial charge in [-0.2, -0.15) is 5.10 Å². The molecule has 44 heavy (non-hydrogen) atoms. The molecule has 2 aromatic heterocycles. The summed E-state index contributed by atoms with van der Waals surface area (Å²) < 4.78 is 2.15. The topological polar surface area (TPSA) is 138 Å². The molecule has 1 aromatic carbocycles. The van der Waals surface area contributed by atoms with Gasteiger partial charge in [-0.05, 0) is 87.6 Å². The summed E-state index contributed by atoms with van der Waals surface area (Å²) >= 11 is 0. The Labute approximate surface area is 254 Å². The first kappa shape index (κ1) is 27.0. The molecule has 4 heterocycles. The highest BCUT2D eigenvalue weighted by atomic mass is 16.2. The van der Waals surface area contributed by atoms with Crippen LogP contribution in [0.4, 0.5) is 11.5 Å². The van der Waals surface area contributed by atoms with Gasteiger partial charge in [0.2, 0.25) is 11.8 Å². The maximum atomic E-state index is 13.2. The van der Waals surface area contributed by atoms with E-state index in [2.05, 4.69) is 45.0 Å². The first-order valence-electron chi connectivity index (χ1n) is 15.8. The van der Waals surface area contributed by atoms with Gasteiger partial charge < -0.3 is 10.6 Å². The third kappa shape index (κ3) is 4.84. The molecule has 11 heteroatoms. The Morgan fingerprint density at radius 3 is 2.48 bits per heavy atom. The SMILES string of the molecule is O=C1CCC(N2C(=O)c3ccc(NC[C@H]4C[C@H](n5cc(-c6cccc(NC7CCC7)n6)c(C6CC6)n5)C4)cc3C2=O)C(=O)N1. The van der Waals surface area contributed by atoms with Gasteiger partial charge in [0, 0.05) is 42.4 Å². The number of anilines is 2. The van der Waals surface area contributed by atoms with Crippen LogP contribution in [0.3, 0.4) is 0 Å². The number of amides is 4. The number of carbonyl (C=O) groups excluding carboxylic acids is 4. The molecule has 3 N–H and O–H groups in total. The molecule has 0 bridgehead atoms. The van der Waals surface area contributed by atoms with Crippen LogP contribution in [0.5, 0.6) is 0 Å². The summed E-state index contributed by atoms with van der Waals surface area (Å²) in [6.07, 6.45) is 10.5. The van der Waals surface area contributed by atoms with Crippen LogP contribution in [-0.2, 0) is 9.59 Å². The fourth-order valence-corrected chi connectivity index (χ4v) is 6.80. The highest BCUT2D eigenvalue weighted by molar-refractivity contribution is 6.23. The van der Waals surface area contributed by atoms with Gasteiger partial charge in [-0.15, -0.1) is 0 Å². The summed E-state index contributed by atoms with van der Waals surface area (Å²) in [5, 5.41) is 14.3. The van der Waals surface area contributed by atoms with E-state index >= 15 is 0 Å². The highest BCUT2D eigenvalue weighted by Crippen LogP contribution is 2.46. The third-order valence-corrected chi connectivity index (χ3v) is 9.83. The standard InChI is InChI=1S/C33H35N7O4/c41-29-12-11-27(31(42)37-29)40-32(43)23-10-9-21(15-24(23)33(40)44)34-16-18-13-22(14-18)39-17-25(30(38-39)19-7-8-19)26-5-2-6-28(36-26)35-20-3-1-4-20/h2,5-6,9-10,15,17-20,22,27,34H,1,3-4,7-8,11-14,16H2,(H,35,36)(H,37,41,42)/t18-,22-,27?. The van der Waals surface area contributed by atoms with Crippen molar-refractivity contribution in [1.29, 1.82) is 0 Å². The summed E-state index contributed by atoms with van der Waals surface area (Å²) in [6.45, 7) is 0.744. The molecule has 4 fully saturated rings. The van der Waals surface area contributed by atoms with Crippen molar-refractivity contribution >= 4 is 35.1 Å². The molecule has 1 atom stereocenters. The van der Waals surface area contributed by atoms with Crippen molar-refractivity contribution in [2.24, 2.45) is 5.92 Å². The lowest BCUT2D eigenvalue weighted by Gasteiger charge is -2.35. The normalized spacial score (nSPS) is 24.9. The van der Waals surface area contributed by atoms with E-state index in [1.54, 1.807) is 18.2 Å². The van der Waals surface area contributed by atoms with E-state index in [0.29, 0.717) is 23.9 Å². The largest absolute Gasteiger partial charge is 0.385 e. The average Bonchev–Trinajstić information content (AvgIpc) is 3.68. The van der Waals surface area contributed by atoms with Crippen molar-refractivity contribution in [2.75, 3.05) is 17.2 Å². The molecule has 3 aromatic rings. The lowest BCUT2D eigenvalue weighted by Crippen LogP contribution is -2.54. The first-order valence-corrected chi connectivity index (χ1v) is 15.8. The highest BCUT2D eigenvalue weighted by Gasteiger charge is 2.44. The van der Waals surface area contributed by atoms with Crippen LogP contribution in [0.15, 0.2) is 42.6 Å². The molecule has 4 amide bonds. The number of hydrogen-bond donors (Lipinski definition) is 3. The maximum absolute atomic E-state index is 13.2. The summed E-state index contributed by atoms with van der Waals surface area (Å²) in [5.74, 6) is -0.0569. The minimum absolute atomic E-state index is 0.0999. The van der Waals surface area contributed by atoms with Crippen molar-refractivity contribution in [3.05, 3.63) is 59.4 Å². The van der Waals surface area contributed by atoms with Crippen LogP contribution in [0.1, 0.15) is 96.2 Å². The zero-order valence-corrected chi connectivity index (χ0v) is 24.4. The predicted octanol–water partition coefficient (Wildman–Crippen LogP) is 4.25. The van der Waals surface area contributed by atoms with Crippen LogP contribution in [0.25, 0.3) is 11.3 Å². The van der Waals surface area contributed by atoms with Crippen LogP contribution in [0, 0.1) is 5.92 Å². The fraction of sp³-hybridized carbons (Fsp3) is 0.455. The molecular formula is C33H35N7O4. The second kappa shape index (κ2) is 10.6. The smallest absolute Gasteiger partial charge is 0.262 e. The Bertz CT molecular complexity index is 1680. The van der Waals surface area contributed by atoms with E-state index in [1.165, 1.54) is 37.8 Å².